The molecule has 3 atom stereocenters. The Morgan fingerprint density at radius 2 is 1.76 bits per heavy atom. The number of benzene rings is 2. The Labute approximate surface area is 223 Å². The van der Waals surface area contributed by atoms with Crippen molar-refractivity contribution < 1.29 is 33.3 Å². The van der Waals surface area contributed by atoms with Crippen LogP contribution >= 0.6 is 0 Å². The first kappa shape index (κ1) is 28.9. The molecular weight excluding hydrogens is 490 g/mol. The molecule has 10 nitrogen and oxygen atoms in total. The number of nitrogens with one attached hydrogen (secondary N) is 1. The van der Waals surface area contributed by atoms with Crippen molar-refractivity contribution >= 4 is 23.4 Å². The maximum Gasteiger partial charge on any atom is 0.257 e. The van der Waals surface area contributed by atoms with Crippen LogP contribution in [-0.4, -0.2) is 94.3 Å². The molecule has 0 bridgehead atoms. The number of hydrogen-bond donors (Lipinski definition) is 1. The molecule has 0 saturated carbocycles. The summed E-state index contributed by atoms with van der Waals surface area (Å²) in [4.78, 5) is 42.3. The van der Waals surface area contributed by atoms with Crippen LogP contribution in [0.5, 0.6) is 11.5 Å². The van der Waals surface area contributed by atoms with Crippen molar-refractivity contribution in [1.29, 1.82) is 0 Å². The molecule has 0 fully saturated rings. The summed E-state index contributed by atoms with van der Waals surface area (Å²) in [7, 11) is 6.34. The highest BCUT2D eigenvalue weighted by molar-refractivity contribution is 6.05. The Morgan fingerprint density at radius 1 is 1.05 bits per heavy atom. The molecule has 1 aliphatic rings. The molecule has 0 radical (unpaired) electrons. The Bertz CT molecular complexity index is 1120. The minimum Gasteiger partial charge on any atom is -0.497 e. The van der Waals surface area contributed by atoms with E-state index in [0.29, 0.717) is 41.4 Å². The van der Waals surface area contributed by atoms with E-state index in [9.17, 15) is 14.4 Å². The fraction of sp³-hybridized carbons (Fsp3) is 0.464. The van der Waals surface area contributed by atoms with E-state index in [4.69, 9.17) is 18.9 Å². The van der Waals surface area contributed by atoms with Gasteiger partial charge in [0.2, 0.25) is 5.91 Å². The average Bonchev–Trinajstić information content (AvgIpc) is 2.92. The van der Waals surface area contributed by atoms with Crippen molar-refractivity contribution in [1.82, 2.24) is 9.80 Å². The molecule has 1 heterocycles. The molecule has 2 aromatic rings. The summed E-state index contributed by atoms with van der Waals surface area (Å²) in [5.41, 5.74) is 1.27. The number of carbonyl (C=O) groups is 3. The van der Waals surface area contributed by atoms with Crippen LogP contribution in [0.1, 0.15) is 34.6 Å². The average molecular weight is 528 g/mol. The van der Waals surface area contributed by atoms with Crippen LogP contribution in [0.3, 0.4) is 0 Å². The third kappa shape index (κ3) is 7.02. The Hall–Kier alpha value is -3.63. The summed E-state index contributed by atoms with van der Waals surface area (Å²) >= 11 is 0. The molecule has 2 aromatic carbocycles. The second-order valence-corrected chi connectivity index (χ2v) is 9.47. The van der Waals surface area contributed by atoms with E-state index in [-0.39, 0.29) is 49.0 Å². The van der Waals surface area contributed by atoms with Gasteiger partial charge in [0, 0.05) is 57.6 Å². The topological polar surface area (TPSA) is 107 Å². The molecule has 10 heteroatoms. The zero-order valence-corrected chi connectivity index (χ0v) is 22.9. The van der Waals surface area contributed by atoms with Gasteiger partial charge in [-0.3, -0.25) is 14.4 Å². The summed E-state index contributed by atoms with van der Waals surface area (Å²) in [5, 5.41) is 2.85. The lowest BCUT2D eigenvalue weighted by molar-refractivity contribution is -0.139. The highest BCUT2D eigenvalue weighted by atomic mass is 16.5. The molecule has 0 unspecified atom stereocenters. The van der Waals surface area contributed by atoms with Gasteiger partial charge in [-0.25, -0.2) is 0 Å². The number of methoxy groups -OCH3 is 3. The standard InChI is InChI=1S/C28H37N3O7/c1-18-14-31(26(32)17-35-4)19(2)16-38-24-13-21(29-27(33)20-7-10-22(36-5)11-8-20)9-12-23(24)28(34)30(3)15-25(18)37-6/h7-13,18-19,25H,14-17H2,1-6H3,(H,29,33)/t18-,19+,25-/m0/s1. The number of nitrogens with zero attached hydrogens (tertiary/aromatic N) is 2. The maximum absolute atomic E-state index is 13.4. The molecule has 0 saturated heterocycles. The third-order valence-electron chi connectivity index (χ3n) is 6.64. The highest BCUT2D eigenvalue weighted by Gasteiger charge is 2.30. The van der Waals surface area contributed by atoms with Gasteiger partial charge in [-0.1, -0.05) is 6.92 Å². The van der Waals surface area contributed by atoms with Gasteiger partial charge in [0.25, 0.3) is 11.8 Å². The first-order valence-corrected chi connectivity index (χ1v) is 12.5. The van der Waals surface area contributed by atoms with Gasteiger partial charge in [0.15, 0.2) is 0 Å². The lowest BCUT2D eigenvalue weighted by atomic mass is 10.0. The number of ether oxygens (including phenoxy) is 4. The summed E-state index contributed by atoms with van der Waals surface area (Å²) in [5.74, 6) is 0.201. The smallest absolute Gasteiger partial charge is 0.257 e. The van der Waals surface area contributed by atoms with Crippen LogP contribution in [0.25, 0.3) is 0 Å². The van der Waals surface area contributed by atoms with Gasteiger partial charge in [0.05, 0.1) is 24.8 Å². The van der Waals surface area contributed by atoms with E-state index in [0.717, 1.165) is 0 Å². The number of likely N-dealkylation sites (N-methyl/N-ethyl adjacent to an activating group) is 1. The maximum atomic E-state index is 13.4. The van der Waals surface area contributed by atoms with Crippen LogP contribution < -0.4 is 14.8 Å². The molecule has 0 aromatic heterocycles. The van der Waals surface area contributed by atoms with Crippen molar-refractivity contribution in [3.05, 3.63) is 53.6 Å². The Balaban J connectivity index is 1.92. The molecule has 3 amide bonds. The number of fused-ring (bicyclic) bond motifs is 1. The predicted molar refractivity (Wildman–Crippen MR) is 143 cm³/mol. The highest BCUT2D eigenvalue weighted by Crippen LogP contribution is 2.27. The second-order valence-electron chi connectivity index (χ2n) is 9.47. The summed E-state index contributed by atoms with van der Waals surface area (Å²) in [6, 6.07) is 11.3. The minimum atomic E-state index is -0.314. The summed E-state index contributed by atoms with van der Waals surface area (Å²) in [6.07, 6.45) is -0.291. The van der Waals surface area contributed by atoms with Gasteiger partial charge in [0.1, 0.15) is 24.7 Å². The van der Waals surface area contributed by atoms with Gasteiger partial charge in [-0.2, -0.15) is 0 Å². The lowest BCUT2D eigenvalue weighted by Gasteiger charge is -2.36. The zero-order chi connectivity index (χ0) is 27.8. The van der Waals surface area contributed by atoms with Crippen LogP contribution in [0.15, 0.2) is 42.5 Å². The minimum absolute atomic E-state index is 0.0482. The summed E-state index contributed by atoms with van der Waals surface area (Å²) in [6.45, 7) is 4.71. The van der Waals surface area contributed by atoms with Crippen molar-refractivity contribution in [3.8, 4) is 11.5 Å². The number of rotatable bonds is 6. The number of hydrogen-bond acceptors (Lipinski definition) is 7. The van der Waals surface area contributed by atoms with Crippen LogP contribution in [0.4, 0.5) is 5.69 Å². The fourth-order valence-corrected chi connectivity index (χ4v) is 4.35. The van der Waals surface area contributed by atoms with E-state index >= 15 is 0 Å². The van der Waals surface area contributed by atoms with E-state index < -0.39 is 0 Å². The molecule has 206 valence electrons. The number of anilines is 1. The van der Waals surface area contributed by atoms with Gasteiger partial charge < -0.3 is 34.1 Å². The zero-order valence-electron chi connectivity index (χ0n) is 22.9. The molecule has 38 heavy (non-hydrogen) atoms. The first-order chi connectivity index (χ1) is 18.2. The third-order valence-corrected chi connectivity index (χ3v) is 6.64. The monoisotopic (exact) mass is 527 g/mol. The Morgan fingerprint density at radius 3 is 2.39 bits per heavy atom. The largest absolute Gasteiger partial charge is 0.497 e. The van der Waals surface area contributed by atoms with Gasteiger partial charge in [-0.15, -0.1) is 0 Å². The Kier molecular flexibility index (Phi) is 10.1. The van der Waals surface area contributed by atoms with E-state index in [1.165, 1.54) is 7.11 Å². The summed E-state index contributed by atoms with van der Waals surface area (Å²) < 4.78 is 22.1. The molecule has 1 N–H and O–H groups in total. The predicted octanol–water partition coefficient (Wildman–Crippen LogP) is 2.93. The van der Waals surface area contributed by atoms with E-state index in [1.807, 2.05) is 13.8 Å². The van der Waals surface area contributed by atoms with Crippen LogP contribution in [0, 0.1) is 5.92 Å². The quantitative estimate of drug-likeness (QED) is 0.616. The number of amides is 3. The van der Waals surface area contributed by atoms with Crippen molar-refractivity contribution in [2.75, 3.05) is 60.0 Å². The van der Waals surface area contributed by atoms with Crippen molar-refractivity contribution in [2.24, 2.45) is 5.92 Å². The first-order valence-electron chi connectivity index (χ1n) is 12.5. The lowest BCUT2D eigenvalue weighted by Crippen LogP contribution is -2.49. The van der Waals surface area contributed by atoms with Crippen LogP contribution in [-0.2, 0) is 14.3 Å². The molecule has 0 spiro atoms. The second kappa shape index (κ2) is 13.3. The van der Waals surface area contributed by atoms with Gasteiger partial charge >= 0.3 is 0 Å². The molecule has 1 aliphatic heterocycles. The van der Waals surface area contributed by atoms with E-state index in [2.05, 4.69) is 5.32 Å². The molecule has 3 rings (SSSR count). The fourth-order valence-electron chi connectivity index (χ4n) is 4.35. The normalized spacial score (nSPS) is 20.5. The van der Waals surface area contributed by atoms with Crippen molar-refractivity contribution in [3.63, 3.8) is 0 Å². The van der Waals surface area contributed by atoms with Gasteiger partial charge in [-0.05, 0) is 43.3 Å². The van der Waals surface area contributed by atoms with Crippen molar-refractivity contribution in [2.45, 2.75) is 26.0 Å². The number of carbonyl (C=O) groups excluding carboxylic acids is 3. The SMILES string of the molecule is COCC(=O)N1C[C@H](C)[C@@H](OC)CN(C)C(=O)c2ccc(NC(=O)c3ccc(OC)cc3)cc2OC[C@H]1C. The van der Waals surface area contributed by atoms with Crippen LogP contribution in [0.2, 0.25) is 0 Å². The molecule has 0 aliphatic carbocycles. The molecular formula is C28H37N3O7. The van der Waals surface area contributed by atoms with E-state index in [1.54, 1.807) is 73.5 Å².